The van der Waals surface area contributed by atoms with Gasteiger partial charge in [-0.15, -0.1) is 0 Å². The number of aliphatic carboxylic acids is 1. The highest BCUT2D eigenvalue weighted by molar-refractivity contribution is 5.89. The highest BCUT2D eigenvalue weighted by Gasteiger charge is 2.33. The van der Waals surface area contributed by atoms with Gasteiger partial charge in [-0.1, -0.05) is 6.07 Å². The number of anilines is 1. The molecule has 0 aromatic heterocycles. The van der Waals surface area contributed by atoms with Gasteiger partial charge in [0.1, 0.15) is 0 Å². The molecule has 1 aliphatic rings. The van der Waals surface area contributed by atoms with E-state index in [0.717, 1.165) is 6.07 Å². The Morgan fingerprint density at radius 1 is 1.41 bits per heavy atom. The fraction of sp³-hybridized carbons (Fsp3) is 0.529. The third-order valence-electron chi connectivity index (χ3n) is 4.14. The molecule has 1 fully saturated rings. The standard InChI is InChI=1S/C17H22F3N3O4/c1-11-3-4-12(7-14(11)17(18,19)20)21-16(26)23-5-6-27-13(9-23)8-22(2)10-15(24)25/h3-4,7,13H,5-6,8-10H2,1-2H3,(H,21,26)(H,24,25). The van der Waals surface area contributed by atoms with Gasteiger partial charge in [0.15, 0.2) is 0 Å². The maximum absolute atomic E-state index is 13.0. The predicted molar refractivity (Wildman–Crippen MR) is 91.6 cm³/mol. The van der Waals surface area contributed by atoms with E-state index in [-0.39, 0.29) is 37.1 Å². The monoisotopic (exact) mass is 389 g/mol. The van der Waals surface area contributed by atoms with E-state index in [1.807, 2.05) is 0 Å². The topological polar surface area (TPSA) is 82.1 Å². The van der Waals surface area contributed by atoms with Crippen molar-refractivity contribution in [1.29, 1.82) is 0 Å². The number of benzene rings is 1. The number of morpholine rings is 1. The number of urea groups is 1. The number of carboxylic acid groups (broad SMARTS) is 1. The average Bonchev–Trinajstić information content (AvgIpc) is 2.55. The van der Waals surface area contributed by atoms with Crippen molar-refractivity contribution in [2.24, 2.45) is 0 Å². The van der Waals surface area contributed by atoms with Crippen LogP contribution in [0.2, 0.25) is 0 Å². The van der Waals surface area contributed by atoms with Gasteiger partial charge in [-0.25, -0.2) is 4.79 Å². The second kappa shape index (κ2) is 8.57. The normalized spacial score (nSPS) is 17.9. The number of aryl methyl sites for hydroxylation is 1. The van der Waals surface area contributed by atoms with Gasteiger partial charge in [0.2, 0.25) is 0 Å². The van der Waals surface area contributed by atoms with Crippen LogP contribution in [0.1, 0.15) is 11.1 Å². The molecule has 1 unspecified atom stereocenters. The number of carboxylic acids is 1. The van der Waals surface area contributed by atoms with Crippen molar-refractivity contribution in [2.75, 3.05) is 45.2 Å². The summed E-state index contributed by atoms with van der Waals surface area (Å²) in [7, 11) is 1.63. The predicted octanol–water partition coefficient (Wildman–Crippen LogP) is 2.26. The van der Waals surface area contributed by atoms with E-state index >= 15 is 0 Å². The first-order chi connectivity index (χ1) is 12.6. The first-order valence-corrected chi connectivity index (χ1v) is 8.32. The zero-order chi connectivity index (χ0) is 20.2. The van der Waals surface area contributed by atoms with E-state index in [1.54, 1.807) is 11.9 Å². The van der Waals surface area contributed by atoms with Gasteiger partial charge in [-0.05, 0) is 31.7 Å². The second-order valence-corrected chi connectivity index (χ2v) is 6.49. The lowest BCUT2D eigenvalue weighted by atomic mass is 10.1. The molecule has 10 heteroatoms. The Morgan fingerprint density at radius 3 is 2.74 bits per heavy atom. The molecule has 1 aromatic carbocycles. The van der Waals surface area contributed by atoms with Gasteiger partial charge < -0.3 is 20.1 Å². The maximum Gasteiger partial charge on any atom is 0.416 e. The molecule has 27 heavy (non-hydrogen) atoms. The van der Waals surface area contributed by atoms with Gasteiger partial charge in [-0.2, -0.15) is 13.2 Å². The van der Waals surface area contributed by atoms with Crippen LogP contribution < -0.4 is 5.32 Å². The minimum Gasteiger partial charge on any atom is -0.480 e. The molecule has 2 rings (SSSR count). The summed E-state index contributed by atoms with van der Waals surface area (Å²) < 4.78 is 44.5. The van der Waals surface area contributed by atoms with E-state index in [1.165, 1.54) is 24.0 Å². The quantitative estimate of drug-likeness (QED) is 0.807. The third-order valence-corrected chi connectivity index (χ3v) is 4.14. The number of amides is 2. The lowest BCUT2D eigenvalue weighted by Gasteiger charge is -2.34. The van der Waals surface area contributed by atoms with Crippen LogP contribution in [0, 0.1) is 6.92 Å². The summed E-state index contributed by atoms with van der Waals surface area (Å²) in [5.74, 6) is -0.970. The molecular formula is C17H22F3N3O4. The van der Waals surface area contributed by atoms with Gasteiger partial charge in [-0.3, -0.25) is 9.69 Å². The van der Waals surface area contributed by atoms with Crippen LogP contribution in [0.4, 0.5) is 23.7 Å². The van der Waals surface area contributed by atoms with Gasteiger partial charge in [0, 0.05) is 25.3 Å². The lowest BCUT2D eigenvalue weighted by Crippen LogP contribution is -2.50. The molecule has 0 aliphatic carbocycles. The summed E-state index contributed by atoms with van der Waals surface area (Å²) in [6, 6.07) is 3.11. The Hall–Kier alpha value is -2.33. The van der Waals surface area contributed by atoms with E-state index in [2.05, 4.69) is 5.32 Å². The largest absolute Gasteiger partial charge is 0.480 e. The van der Waals surface area contributed by atoms with Crippen molar-refractivity contribution in [3.05, 3.63) is 29.3 Å². The van der Waals surface area contributed by atoms with Crippen LogP contribution in [0.25, 0.3) is 0 Å². The maximum atomic E-state index is 13.0. The van der Waals surface area contributed by atoms with Gasteiger partial charge in [0.05, 0.1) is 24.8 Å². The Kier molecular flexibility index (Phi) is 6.66. The van der Waals surface area contributed by atoms with Crippen LogP contribution in [0.15, 0.2) is 18.2 Å². The van der Waals surface area contributed by atoms with Crippen LogP contribution in [0.3, 0.4) is 0 Å². The van der Waals surface area contributed by atoms with Crippen molar-refractivity contribution in [1.82, 2.24) is 9.80 Å². The SMILES string of the molecule is Cc1ccc(NC(=O)N2CCOC(CN(C)CC(=O)O)C2)cc1C(F)(F)F. The van der Waals surface area contributed by atoms with Crippen LogP contribution in [0.5, 0.6) is 0 Å². The first-order valence-electron chi connectivity index (χ1n) is 8.32. The second-order valence-electron chi connectivity index (χ2n) is 6.49. The summed E-state index contributed by atoms with van der Waals surface area (Å²) in [5.41, 5.74) is -0.659. The van der Waals surface area contributed by atoms with Crippen LogP contribution in [-0.4, -0.2) is 72.8 Å². The Bertz CT molecular complexity index is 696. The third kappa shape index (κ3) is 6.10. The molecular weight excluding hydrogens is 367 g/mol. The summed E-state index contributed by atoms with van der Waals surface area (Å²) in [5, 5.41) is 11.3. The highest BCUT2D eigenvalue weighted by atomic mass is 19.4. The first kappa shape index (κ1) is 21.0. The van der Waals surface area contributed by atoms with Crippen molar-refractivity contribution >= 4 is 17.7 Å². The molecule has 2 N–H and O–H groups in total. The number of ether oxygens (including phenoxy) is 1. The number of likely N-dealkylation sites (N-methyl/N-ethyl adjacent to an activating group) is 1. The van der Waals surface area contributed by atoms with Crippen LogP contribution >= 0.6 is 0 Å². The van der Waals surface area contributed by atoms with Crippen molar-refractivity contribution in [3.8, 4) is 0 Å². The zero-order valence-electron chi connectivity index (χ0n) is 15.0. The number of alkyl halides is 3. The molecule has 1 aromatic rings. The average molecular weight is 389 g/mol. The number of hydrogen-bond donors (Lipinski definition) is 2. The van der Waals surface area contributed by atoms with Gasteiger partial charge in [0.25, 0.3) is 0 Å². The molecule has 1 heterocycles. The Balaban J connectivity index is 1.98. The summed E-state index contributed by atoms with van der Waals surface area (Å²) in [6.45, 7) is 2.29. The van der Waals surface area contributed by atoms with E-state index in [9.17, 15) is 22.8 Å². The fourth-order valence-corrected chi connectivity index (χ4v) is 2.87. The molecule has 0 saturated carbocycles. The number of carbonyl (C=O) groups is 2. The molecule has 0 spiro atoms. The summed E-state index contributed by atoms with van der Waals surface area (Å²) >= 11 is 0. The number of halogens is 3. The molecule has 1 atom stereocenters. The number of nitrogens with zero attached hydrogens (tertiary/aromatic N) is 2. The highest BCUT2D eigenvalue weighted by Crippen LogP contribution is 2.33. The summed E-state index contributed by atoms with van der Waals surface area (Å²) in [4.78, 5) is 26.1. The number of nitrogens with one attached hydrogen (secondary N) is 1. The van der Waals surface area contributed by atoms with Gasteiger partial charge >= 0.3 is 18.2 Å². The smallest absolute Gasteiger partial charge is 0.416 e. The van der Waals surface area contributed by atoms with Crippen molar-refractivity contribution < 1.29 is 32.6 Å². The molecule has 1 aliphatic heterocycles. The Labute approximate surface area is 154 Å². The fourth-order valence-electron chi connectivity index (χ4n) is 2.87. The molecule has 1 saturated heterocycles. The summed E-state index contributed by atoms with van der Waals surface area (Å²) in [6.07, 6.45) is -4.87. The van der Waals surface area contributed by atoms with Crippen molar-refractivity contribution in [2.45, 2.75) is 19.2 Å². The van der Waals surface area contributed by atoms with Crippen LogP contribution in [-0.2, 0) is 15.7 Å². The zero-order valence-corrected chi connectivity index (χ0v) is 15.0. The number of hydrogen-bond acceptors (Lipinski definition) is 4. The number of carbonyl (C=O) groups excluding carboxylic acids is 1. The minimum absolute atomic E-state index is 0.0592. The van der Waals surface area contributed by atoms with E-state index in [0.29, 0.717) is 13.1 Å². The number of rotatable bonds is 5. The molecule has 0 bridgehead atoms. The molecule has 0 radical (unpaired) electrons. The van der Waals surface area contributed by atoms with Crippen molar-refractivity contribution in [3.63, 3.8) is 0 Å². The Morgan fingerprint density at radius 2 is 2.11 bits per heavy atom. The molecule has 150 valence electrons. The lowest BCUT2D eigenvalue weighted by molar-refractivity contribution is -0.139. The molecule has 2 amide bonds. The van der Waals surface area contributed by atoms with E-state index in [4.69, 9.17) is 9.84 Å². The molecule has 7 nitrogen and oxygen atoms in total. The van der Waals surface area contributed by atoms with E-state index < -0.39 is 23.7 Å². The minimum atomic E-state index is -4.50.